The standard InChI is InChI=1S/C12H19N5O2/c1-13-11-7-14-6-10(16-11)12(18)15-5-9-8-17(2)3-4-19-9/h6-7,9H,3-5,8H2,1-2H3,(H,13,16)(H,15,18). The Morgan fingerprint density at radius 3 is 3.16 bits per heavy atom. The summed E-state index contributed by atoms with van der Waals surface area (Å²) in [4.78, 5) is 22.2. The molecule has 2 N–H and O–H groups in total. The van der Waals surface area contributed by atoms with E-state index in [1.807, 2.05) is 7.05 Å². The van der Waals surface area contributed by atoms with Crippen LogP contribution in [0.4, 0.5) is 5.82 Å². The zero-order valence-corrected chi connectivity index (χ0v) is 11.2. The molecule has 104 valence electrons. The van der Waals surface area contributed by atoms with Gasteiger partial charge in [0.15, 0.2) is 0 Å². The summed E-state index contributed by atoms with van der Waals surface area (Å²) in [6.45, 7) is 2.93. The molecule has 1 aromatic rings. The molecule has 0 radical (unpaired) electrons. The Kier molecular flexibility index (Phi) is 4.64. The lowest BCUT2D eigenvalue weighted by molar-refractivity contribution is -0.0175. The predicted molar refractivity (Wildman–Crippen MR) is 71.1 cm³/mol. The zero-order chi connectivity index (χ0) is 13.7. The van der Waals surface area contributed by atoms with Crippen molar-refractivity contribution in [3.05, 3.63) is 18.1 Å². The fraction of sp³-hybridized carbons (Fsp3) is 0.583. The topological polar surface area (TPSA) is 79.4 Å². The van der Waals surface area contributed by atoms with E-state index in [1.165, 1.54) is 6.20 Å². The molecule has 7 heteroatoms. The second-order valence-corrected chi connectivity index (χ2v) is 4.50. The van der Waals surface area contributed by atoms with Gasteiger partial charge in [0.1, 0.15) is 11.5 Å². The van der Waals surface area contributed by atoms with Gasteiger partial charge in [0.2, 0.25) is 0 Å². The van der Waals surface area contributed by atoms with Gasteiger partial charge in [-0.2, -0.15) is 0 Å². The molecule has 1 saturated heterocycles. The normalized spacial score (nSPS) is 20.0. The number of anilines is 1. The minimum absolute atomic E-state index is 0.0307. The predicted octanol–water partition coefficient (Wildman–Crippen LogP) is -0.421. The molecule has 1 unspecified atom stereocenters. The van der Waals surface area contributed by atoms with Crippen molar-refractivity contribution in [3.8, 4) is 0 Å². The molecule has 7 nitrogen and oxygen atoms in total. The molecule has 1 atom stereocenters. The number of nitrogens with one attached hydrogen (secondary N) is 2. The third-order valence-corrected chi connectivity index (χ3v) is 2.96. The van der Waals surface area contributed by atoms with Crippen LogP contribution in [0.25, 0.3) is 0 Å². The van der Waals surface area contributed by atoms with E-state index in [9.17, 15) is 4.79 Å². The smallest absolute Gasteiger partial charge is 0.271 e. The number of aromatic nitrogens is 2. The summed E-state index contributed by atoms with van der Waals surface area (Å²) in [5.41, 5.74) is 0.302. The number of amides is 1. The lowest BCUT2D eigenvalue weighted by Crippen LogP contribution is -2.46. The Balaban J connectivity index is 1.86. The molecule has 0 spiro atoms. The van der Waals surface area contributed by atoms with Crippen molar-refractivity contribution in [2.75, 3.05) is 45.7 Å². The van der Waals surface area contributed by atoms with E-state index in [4.69, 9.17) is 4.74 Å². The Bertz CT molecular complexity index is 440. The number of hydrogen-bond acceptors (Lipinski definition) is 6. The lowest BCUT2D eigenvalue weighted by atomic mass is 10.2. The molecule has 0 aromatic carbocycles. The van der Waals surface area contributed by atoms with Crippen LogP contribution in [0.2, 0.25) is 0 Å². The van der Waals surface area contributed by atoms with Gasteiger partial charge in [0.05, 0.1) is 25.1 Å². The highest BCUT2D eigenvalue weighted by Gasteiger charge is 2.19. The first kappa shape index (κ1) is 13.7. The minimum Gasteiger partial charge on any atom is -0.374 e. The molecule has 1 aliphatic heterocycles. The molecular weight excluding hydrogens is 246 g/mol. The van der Waals surface area contributed by atoms with E-state index in [1.54, 1.807) is 13.2 Å². The summed E-state index contributed by atoms with van der Waals surface area (Å²) in [5.74, 6) is 0.336. The maximum absolute atomic E-state index is 11.9. The summed E-state index contributed by atoms with van der Waals surface area (Å²) in [7, 11) is 3.77. The molecule has 1 amide bonds. The average molecular weight is 265 g/mol. The van der Waals surface area contributed by atoms with Crippen molar-refractivity contribution in [2.24, 2.45) is 0 Å². The summed E-state index contributed by atoms with van der Waals surface area (Å²) < 4.78 is 5.57. The van der Waals surface area contributed by atoms with Gasteiger partial charge in [0, 0.05) is 26.7 Å². The van der Waals surface area contributed by atoms with Crippen LogP contribution in [-0.2, 0) is 4.74 Å². The minimum atomic E-state index is -0.235. The highest BCUT2D eigenvalue weighted by atomic mass is 16.5. The van der Waals surface area contributed by atoms with Crippen molar-refractivity contribution < 1.29 is 9.53 Å². The molecule has 1 fully saturated rings. The van der Waals surface area contributed by atoms with Crippen molar-refractivity contribution in [1.82, 2.24) is 20.2 Å². The van der Waals surface area contributed by atoms with Gasteiger partial charge in [-0.3, -0.25) is 9.78 Å². The summed E-state index contributed by atoms with van der Waals surface area (Å²) in [5, 5.41) is 5.67. The highest BCUT2D eigenvalue weighted by Crippen LogP contribution is 2.03. The third-order valence-electron chi connectivity index (χ3n) is 2.96. The molecule has 2 rings (SSSR count). The van der Waals surface area contributed by atoms with Crippen molar-refractivity contribution >= 4 is 11.7 Å². The van der Waals surface area contributed by atoms with Crippen LogP contribution in [0, 0.1) is 0 Å². The first-order valence-electron chi connectivity index (χ1n) is 6.27. The number of morpholine rings is 1. The molecule has 2 heterocycles. The van der Waals surface area contributed by atoms with Crippen molar-refractivity contribution in [3.63, 3.8) is 0 Å². The maximum atomic E-state index is 11.9. The van der Waals surface area contributed by atoms with Gasteiger partial charge in [-0.25, -0.2) is 4.98 Å². The van der Waals surface area contributed by atoms with Gasteiger partial charge in [0.25, 0.3) is 5.91 Å². The number of nitrogens with zero attached hydrogens (tertiary/aromatic N) is 3. The van der Waals surface area contributed by atoms with Crippen LogP contribution in [-0.4, -0.2) is 67.2 Å². The monoisotopic (exact) mass is 265 g/mol. The summed E-state index contributed by atoms with van der Waals surface area (Å²) >= 11 is 0. The Morgan fingerprint density at radius 1 is 1.58 bits per heavy atom. The first-order chi connectivity index (χ1) is 9.19. The zero-order valence-electron chi connectivity index (χ0n) is 11.2. The molecule has 0 aliphatic carbocycles. The quantitative estimate of drug-likeness (QED) is 0.769. The largest absolute Gasteiger partial charge is 0.374 e. The first-order valence-corrected chi connectivity index (χ1v) is 6.27. The fourth-order valence-electron chi connectivity index (χ4n) is 1.88. The van der Waals surface area contributed by atoms with E-state index in [2.05, 4.69) is 25.5 Å². The summed E-state index contributed by atoms with van der Waals surface area (Å²) in [6.07, 6.45) is 3.04. The Hall–Kier alpha value is -1.73. The number of hydrogen-bond donors (Lipinski definition) is 2. The number of rotatable bonds is 4. The molecule has 1 aromatic heterocycles. The van der Waals surface area contributed by atoms with Gasteiger partial charge in [-0.15, -0.1) is 0 Å². The van der Waals surface area contributed by atoms with Gasteiger partial charge in [-0.1, -0.05) is 0 Å². The fourth-order valence-corrected chi connectivity index (χ4v) is 1.88. The molecular formula is C12H19N5O2. The van der Waals surface area contributed by atoms with E-state index in [-0.39, 0.29) is 12.0 Å². The molecule has 0 bridgehead atoms. The number of ether oxygens (including phenoxy) is 1. The van der Waals surface area contributed by atoms with Crippen LogP contribution < -0.4 is 10.6 Å². The number of carbonyl (C=O) groups excluding carboxylic acids is 1. The van der Waals surface area contributed by atoms with Crippen LogP contribution in [0.5, 0.6) is 0 Å². The molecule has 19 heavy (non-hydrogen) atoms. The molecule has 0 saturated carbocycles. The second-order valence-electron chi connectivity index (χ2n) is 4.50. The second kappa shape index (κ2) is 6.44. The number of likely N-dealkylation sites (N-methyl/N-ethyl adjacent to an activating group) is 1. The van der Waals surface area contributed by atoms with Crippen LogP contribution in [0.1, 0.15) is 10.5 Å². The van der Waals surface area contributed by atoms with Crippen LogP contribution >= 0.6 is 0 Å². The SMILES string of the molecule is CNc1cncc(C(=O)NCC2CN(C)CCO2)n1. The highest BCUT2D eigenvalue weighted by molar-refractivity contribution is 5.92. The number of carbonyl (C=O) groups is 1. The maximum Gasteiger partial charge on any atom is 0.271 e. The van der Waals surface area contributed by atoms with Gasteiger partial charge >= 0.3 is 0 Å². The third kappa shape index (κ3) is 3.87. The van der Waals surface area contributed by atoms with Crippen LogP contribution in [0.15, 0.2) is 12.4 Å². The van der Waals surface area contributed by atoms with Crippen molar-refractivity contribution in [2.45, 2.75) is 6.10 Å². The van der Waals surface area contributed by atoms with Gasteiger partial charge in [-0.05, 0) is 7.05 Å². The average Bonchev–Trinajstić information content (AvgIpc) is 2.45. The van der Waals surface area contributed by atoms with E-state index in [0.29, 0.717) is 24.7 Å². The van der Waals surface area contributed by atoms with E-state index in [0.717, 1.165) is 13.1 Å². The summed E-state index contributed by atoms with van der Waals surface area (Å²) in [6, 6.07) is 0. The van der Waals surface area contributed by atoms with Gasteiger partial charge < -0.3 is 20.3 Å². The van der Waals surface area contributed by atoms with E-state index < -0.39 is 0 Å². The molecule has 1 aliphatic rings. The van der Waals surface area contributed by atoms with E-state index >= 15 is 0 Å². The Morgan fingerprint density at radius 2 is 2.42 bits per heavy atom. The lowest BCUT2D eigenvalue weighted by Gasteiger charge is -2.30. The van der Waals surface area contributed by atoms with Crippen molar-refractivity contribution in [1.29, 1.82) is 0 Å². The van der Waals surface area contributed by atoms with Crippen LogP contribution in [0.3, 0.4) is 0 Å². The Labute approximate surface area is 112 Å².